The van der Waals surface area contributed by atoms with Gasteiger partial charge in [-0.1, -0.05) is 27.2 Å². The first-order chi connectivity index (χ1) is 9.61. The summed E-state index contributed by atoms with van der Waals surface area (Å²) in [6, 6.07) is 4.60. The fourth-order valence-corrected chi connectivity index (χ4v) is 2.16. The van der Waals surface area contributed by atoms with Crippen molar-refractivity contribution in [2.75, 3.05) is 23.8 Å². The van der Waals surface area contributed by atoms with Gasteiger partial charge in [-0.3, -0.25) is 0 Å². The SMILES string of the molecule is CCCCN(c1ccc(N)c(OCC(C)C)n1)C1CC1. The molecular formula is C16H27N3O. The highest BCUT2D eigenvalue weighted by Gasteiger charge is 2.29. The summed E-state index contributed by atoms with van der Waals surface area (Å²) in [4.78, 5) is 7.05. The lowest BCUT2D eigenvalue weighted by molar-refractivity contribution is 0.263. The third-order valence-corrected chi connectivity index (χ3v) is 3.46. The second-order valence-electron chi connectivity index (χ2n) is 6.05. The van der Waals surface area contributed by atoms with Crippen LogP contribution in [0.5, 0.6) is 5.88 Å². The van der Waals surface area contributed by atoms with Gasteiger partial charge in [0.05, 0.1) is 12.3 Å². The Bertz CT molecular complexity index is 430. The smallest absolute Gasteiger partial charge is 0.239 e. The maximum Gasteiger partial charge on any atom is 0.239 e. The van der Waals surface area contributed by atoms with Crippen molar-refractivity contribution in [2.24, 2.45) is 5.92 Å². The van der Waals surface area contributed by atoms with Crippen LogP contribution in [0.4, 0.5) is 11.5 Å². The van der Waals surface area contributed by atoms with Gasteiger partial charge in [-0.25, -0.2) is 0 Å². The van der Waals surface area contributed by atoms with Crippen LogP contribution in [0.25, 0.3) is 0 Å². The first kappa shape index (κ1) is 14.9. The average Bonchev–Trinajstić information content (AvgIpc) is 3.23. The normalized spacial score (nSPS) is 14.6. The van der Waals surface area contributed by atoms with Gasteiger partial charge in [-0.15, -0.1) is 0 Å². The number of pyridine rings is 1. The van der Waals surface area contributed by atoms with Crippen molar-refractivity contribution in [2.45, 2.75) is 52.5 Å². The van der Waals surface area contributed by atoms with Crippen LogP contribution in [0.15, 0.2) is 12.1 Å². The number of hydrogen-bond acceptors (Lipinski definition) is 4. The molecule has 0 aliphatic heterocycles. The monoisotopic (exact) mass is 277 g/mol. The number of hydrogen-bond donors (Lipinski definition) is 1. The lowest BCUT2D eigenvalue weighted by Gasteiger charge is -2.24. The number of nitrogens with zero attached hydrogens (tertiary/aromatic N) is 2. The molecule has 1 saturated carbocycles. The van der Waals surface area contributed by atoms with E-state index < -0.39 is 0 Å². The Morgan fingerprint density at radius 3 is 2.75 bits per heavy atom. The predicted molar refractivity (Wildman–Crippen MR) is 84.3 cm³/mol. The summed E-state index contributed by atoms with van der Waals surface area (Å²) < 4.78 is 5.73. The van der Waals surface area contributed by atoms with E-state index in [-0.39, 0.29) is 0 Å². The molecule has 4 nitrogen and oxygen atoms in total. The molecule has 2 rings (SSSR count). The largest absolute Gasteiger partial charge is 0.476 e. The number of rotatable bonds is 8. The molecule has 0 atom stereocenters. The zero-order valence-corrected chi connectivity index (χ0v) is 12.9. The molecule has 1 aromatic rings. The number of nitrogen functional groups attached to an aromatic ring is 1. The van der Waals surface area contributed by atoms with Crippen molar-refractivity contribution < 1.29 is 4.74 Å². The van der Waals surface area contributed by atoms with Gasteiger partial charge in [0.25, 0.3) is 0 Å². The first-order valence-electron chi connectivity index (χ1n) is 7.77. The predicted octanol–water partition coefficient (Wildman–Crippen LogP) is 3.47. The lowest BCUT2D eigenvalue weighted by atomic mass is 10.2. The fraction of sp³-hybridized carbons (Fsp3) is 0.688. The molecule has 0 bridgehead atoms. The second kappa shape index (κ2) is 6.82. The second-order valence-corrected chi connectivity index (χ2v) is 6.05. The fourth-order valence-electron chi connectivity index (χ4n) is 2.16. The summed E-state index contributed by atoms with van der Waals surface area (Å²) in [6.07, 6.45) is 4.95. The number of aromatic nitrogens is 1. The van der Waals surface area contributed by atoms with Gasteiger partial charge in [0.15, 0.2) is 0 Å². The average molecular weight is 277 g/mol. The third-order valence-electron chi connectivity index (χ3n) is 3.46. The Morgan fingerprint density at radius 1 is 1.40 bits per heavy atom. The Labute approximate surface area is 122 Å². The van der Waals surface area contributed by atoms with Gasteiger partial charge >= 0.3 is 0 Å². The highest BCUT2D eigenvalue weighted by molar-refractivity contribution is 5.55. The van der Waals surface area contributed by atoms with Crippen LogP contribution in [0.2, 0.25) is 0 Å². The van der Waals surface area contributed by atoms with Crippen LogP contribution in [0.1, 0.15) is 46.5 Å². The molecule has 1 aliphatic carbocycles. The van der Waals surface area contributed by atoms with E-state index in [9.17, 15) is 0 Å². The molecule has 1 heterocycles. The van der Waals surface area contributed by atoms with Crippen LogP contribution >= 0.6 is 0 Å². The van der Waals surface area contributed by atoms with Crippen molar-refractivity contribution in [3.63, 3.8) is 0 Å². The van der Waals surface area contributed by atoms with Gasteiger partial charge in [0.2, 0.25) is 5.88 Å². The van der Waals surface area contributed by atoms with Crippen molar-refractivity contribution in [1.29, 1.82) is 0 Å². The maximum atomic E-state index is 5.96. The Morgan fingerprint density at radius 2 is 2.15 bits per heavy atom. The Hall–Kier alpha value is -1.45. The van der Waals surface area contributed by atoms with Crippen molar-refractivity contribution in [1.82, 2.24) is 4.98 Å². The van der Waals surface area contributed by atoms with E-state index in [1.54, 1.807) is 0 Å². The summed E-state index contributed by atoms with van der Waals surface area (Å²) in [5.74, 6) is 2.06. The molecule has 112 valence electrons. The Balaban J connectivity index is 2.11. The van der Waals surface area contributed by atoms with Crippen LogP contribution < -0.4 is 15.4 Å². The summed E-state index contributed by atoms with van der Waals surface area (Å²) in [5.41, 5.74) is 6.59. The molecule has 0 aromatic carbocycles. The van der Waals surface area contributed by atoms with Crippen LogP contribution in [0.3, 0.4) is 0 Å². The molecule has 1 aliphatic rings. The van der Waals surface area contributed by atoms with E-state index in [1.807, 2.05) is 12.1 Å². The van der Waals surface area contributed by atoms with Gasteiger partial charge in [-0.05, 0) is 37.3 Å². The van der Waals surface area contributed by atoms with Gasteiger partial charge < -0.3 is 15.4 Å². The highest BCUT2D eigenvalue weighted by atomic mass is 16.5. The number of ether oxygens (including phenoxy) is 1. The molecule has 4 heteroatoms. The molecule has 20 heavy (non-hydrogen) atoms. The van der Waals surface area contributed by atoms with Gasteiger partial charge in [-0.2, -0.15) is 4.98 Å². The first-order valence-corrected chi connectivity index (χ1v) is 7.77. The van der Waals surface area contributed by atoms with E-state index in [0.29, 0.717) is 30.1 Å². The minimum absolute atomic E-state index is 0.472. The number of unbranched alkanes of at least 4 members (excludes halogenated alkanes) is 1. The van der Waals surface area contributed by atoms with E-state index >= 15 is 0 Å². The summed E-state index contributed by atoms with van der Waals surface area (Å²) >= 11 is 0. The standard InChI is InChI=1S/C16H27N3O/c1-4-5-10-19(13-6-7-13)15-9-8-14(17)16(18-15)20-11-12(2)3/h8-9,12-13H,4-7,10-11,17H2,1-3H3. The molecule has 0 radical (unpaired) electrons. The van der Waals surface area contributed by atoms with Gasteiger partial charge in [0.1, 0.15) is 5.82 Å². The molecule has 0 saturated heterocycles. The van der Waals surface area contributed by atoms with E-state index in [4.69, 9.17) is 10.5 Å². The molecule has 1 fully saturated rings. The molecule has 1 aromatic heterocycles. The number of nitrogens with two attached hydrogens (primary N) is 1. The van der Waals surface area contributed by atoms with Gasteiger partial charge in [0, 0.05) is 12.6 Å². The summed E-state index contributed by atoms with van der Waals surface area (Å²) in [5, 5.41) is 0. The third kappa shape index (κ3) is 4.02. The van der Waals surface area contributed by atoms with Crippen LogP contribution in [0, 0.1) is 5.92 Å². The minimum Gasteiger partial charge on any atom is -0.476 e. The lowest BCUT2D eigenvalue weighted by Crippen LogP contribution is -2.27. The minimum atomic E-state index is 0.472. The van der Waals surface area contributed by atoms with Crippen molar-refractivity contribution >= 4 is 11.5 Å². The van der Waals surface area contributed by atoms with Crippen molar-refractivity contribution in [3.8, 4) is 5.88 Å². The van der Waals surface area contributed by atoms with Crippen LogP contribution in [-0.4, -0.2) is 24.2 Å². The molecule has 2 N–H and O–H groups in total. The van der Waals surface area contributed by atoms with Crippen molar-refractivity contribution in [3.05, 3.63) is 12.1 Å². The molecular weight excluding hydrogens is 250 g/mol. The van der Waals surface area contributed by atoms with E-state index in [0.717, 1.165) is 12.4 Å². The van der Waals surface area contributed by atoms with E-state index in [2.05, 4.69) is 30.7 Å². The zero-order valence-electron chi connectivity index (χ0n) is 12.9. The molecule has 0 amide bonds. The molecule has 0 unspecified atom stereocenters. The summed E-state index contributed by atoms with van der Waals surface area (Å²) in [7, 11) is 0. The maximum absolute atomic E-state index is 5.96. The highest BCUT2D eigenvalue weighted by Crippen LogP contribution is 2.33. The van der Waals surface area contributed by atoms with E-state index in [1.165, 1.54) is 25.7 Å². The van der Waals surface area contributed by atoms with Crippen LogP contribution in [-0.2, 0) is 0 Å². The number of anilines is 2. The quantitative estimate of drug-likeness (QED) is 0.790. The topological polar surface area (TPSA) is 51.4 Å². The summed E-state index contributed by atoms with van der Waals surface area (Å²) in [6.45, 7) is 8.19. The zero-order chi connectivity index (χ0) is 14.5. The Kier molecular flexibility index (Phi) is 5.10. The molecule has 0 spiro atoms.